The zero-order chi connectivity index (χ0) is 48.0. The van der Waals surface area contributed by atoms with Gasteiger partial charge in [0.25, 0.3) is 0 Å². The van der Waals surface area contributed by atoms with E-state index in [0.29, 0.717) is 103 Å². The van der Waals surface area contributed by atoms with E-state index in [-0.39, 0.29) is 12.6 Å². The largest absolute Gasteiger partial charge is 0.494 e. The summed E-state index contributed by atoms with van der Waals surface area (Å²) in [5, 5.41) is 0. The van der Waals surface area contributed by atoms with Crippen LogP contribution in [0.2, 0.25) is 0 Å². The van der Waals surface area contributed by atoms with Crippen LogP contribution in [0, 0.1) is 24.7 Å². The van der Waals surface area contributed by atoms with Gasteiger partial charge in [-0.3, -0.25) is 0 Å². The number of nitrogens with zero attached hydrogens (tertiary/aromatic N) is 1. The minimum Gasteiger partial charge on any atom is -0.494 e. The van der Waals surface area contributed by atoms with Gasteiger partial charge in [-0.1, -0.05) is 99.6 Å². The third-order valence-corrected chi connectivity index (χ3v) is 11.3. The molecule has 0 fully saturated rings. The molecule has 1 aliphatic rings. The van der Waals surface area contributed by atoms with Crippen molar-refractivity contribution in [3.8, 4) is 75.6 Å². The average molecular weight is 938 g/mol. The van der Waals surface area contributed by atoms with Crippen LogP contribution in [0.1, 0.15) is 85.7 Å². The minimum atomic E-state index is -0.383. The third kappa shape index (κ3) is 19.0. The first-order chi connectivity index (χ1) is 34.1. The van der Waals surface area contributed by atoms with Gasteiger partial charge in [0, 0.05) is 22.3 Å². The van der Waals surface area contributed by atoms with Crippen LogP contribution in [0.3, 0.4) is 0 Å². The van der Waals surface area contributed by atoms with E-state index in [0.717, 1.165) is 82.6 Å². The van der Waals surface area contributed by atoms with E-state index in [9.17, 15) is 4.79 Å². The summed E-state index contributed by atoms with van der Waals surface area (Å²) < 4.78 is 51.4. The Morgan fingerprint density at radius 3 is 1.43 bits per heavy atom. The van der Waals surface area contributed by atoms with E-state index in [2.05, 4.69) is 36.1 Å². The molecular formula is C58H67NO10. The molecule has 0 bridgehead atoms. The van der Waals surface area contributed by atoms with Crippen molar-refractivity contribution in [3.05, 3.63) is 120 Å². The summed E-state index contributed by atoms with van der Waals surface area (Å²) in [6.45, 7) is 6.22. The molecule has 0 saturated carbocycles. The summed E-state index contributed by atoms with van der Waals surface area (Å²) in [6.07, 6.45) is 22.6. The van der Waals surface area contributed by atoms with Gasteiger partial charge in [-0.25, -0.2) is 9.78 Å². The number of aromatic nitrogens is 1. The summed E-state index contributed by atoms with van der Waals surface area (Å²) in [7, 11) is 0. The molecule has 5 aromatic rings. The van der Waals surface area contributed by atoms with Crippen molar-refractivity contribution in [2.45, 2.75) is 64.2 Å². The van der Waals surface area contributed by atoms with Gasteiger partial charge in [-0.2, -0.15) is 0 Å². The van der Waals surface area contributed by atoms with E-state index in [1.165, 1.54) is 32.1 Å². The molecule has 1 aliphatic heterocycles. The second-order valence-electron chi connectivity index (χ2n) is 16.5. The third-order valence-electron chi connectivity index (χ3n) is 11.3. The zero-order valence-corrected chi connectivity index (χ0v) is 40.0. The number of carbonyl (C=O) groups excluding carboxylic acids is 1. The van der Waals surface area contributed by atoms with Gasteiger partial charge in [0.2, 0.25) is 0 Å². The number of terminal acetylenes is 2. The van der Waals surface area contributed by atoms with Crippen molar-refractivity contribution in [1.29, 1.82) is 0 Å². The van der Waals surface area contributed by atoms with E-state index >= 15 is 0 Å². The molecule has 69 heavy (non-hydrogen) atoms. The summed E-state index contributed by atoms with van der Waals surface area (Å²) in [5.74, 6) is 6.91. The molecule has 364 valence electrons. The Balaban J connectivity index is 0.831. The van der Waals surface area contributed by atoms with Gasteiger partial charge >= 0.3 is 5.97 Å². The van der Waals surface area contributed by atoms with Crippen LogP contribution in [0.25, 0.3) is 33.6 Å². The number of rotatable bonds is 18. The molecule has 0 N–H and O–H groups in total. The minimum absolute atomic E-state index is 0.285. The molecule has 4 aromatic carbocycles. The second-order valence-corrected chi connectivity index (χ2v) is 16.5. The van der Waals surface area contributed by atoms with E-state index in [1.54, 1.807) is 18.2 Å². The number of fused-ring (bicyclic) bond motifs is 1. The lowest BCUT2D eigenvalue weighted by atomic mass is 9.98. The van der Waals surface area contributed by atoms with Gasteiger partial charge in [-0.15, -0.1) is 12.8 Å². The predicted octanol–water partition coefficient (Wildman–Crippen LogP) is 11.0. The average Bonchev–Trinajstić information content (AvgIpc) is 3.39. The number of hydrogen-bond donors (Lipinski definition) is 0. The molecule has 2 heterocycles. The van der Waals surface area contributed by atoms with Crippen molar-refractivity contribution in [1.82, 2.24) is 4.98 Å². The van der Waals surface area contributed by atoms with Gasteiger partial charge in [0.1, 0.15) is 19.0 Å². The Morgan fingerprint density at radius 1 is 0.464 bits per heavy atom. The smallest absolute Gasteiger partial charge is 0.338 e. The molecule has 0 saturated heterocycles. The van der Waals surface area contributed by atoms with E-state index in [4.69, 9.17) is 60.5 Å². The molecule has 0 atom stereocenters. The van der Waals surface area contributed by atoms with Gasteiger partial charge in [-0.05, 0) is 90.7 Å². The highest BCUT2D eigenvalue weighted by atomic mass is 16.6. The fourth-order valence-corrected chi connectivity index (χ4v) is 7.60. The molecule has 0 unspecified atom stereocenters. The van der Waals surface area contributed by atoms with Crippen LogP contribution in [0.15, 0.2) is 103 Å². The maximum absolute atomic E-state index is 12.9. The molecule has 11 nitrogen and oxygen atoms in total. The molecular weight excluding hydrogens is 871 g/mol. The first-order valence-electron chi connectivity index (χ1n) is 24.4. The second kappa shape index (κ2) is 31.0. The Bertz CT molecular complexity index is 2290. The maximum atomic E-state index is 12.9. The van der Waals surface area contributed by atoms with Crippen LogP contribution in [0.4, 0.5) is 0 Å². The first kappa shape index (κ1) is 52.2. The Morgan fingerprint density at radius 2 is 0.928 bits per heavy atom. The van der Waals surface area contributed by atoms with Crippen LogP contribution in [-0.2, 0) is 28.4 Å². The van der Waals surface area contributed by atoms with Crippen LogP contribution < -0.4 is 14.2 Å². The normalized spacial score (nSPS) is 14.3. The molecule has 0 radical (unpaired) electrons. The lowest BCUT2D eigenvalue weighted by Crippen LogP contribution is -2.14. The number of hydrogen-bond acceptors (Lipinski definition) is 11. The molecule has 11 heteroatoms. The highest BCUT2D eigenvalue weighted by molar-refractivity contribution is 5.90. The number of pyridine rings is 1. The molecule has 1 aromatic heterocycles. The van der Waals surface area contributed by atoms with Crippen molar-refractivity contribution in [3.63, 3.8) is 0 Å². The lowest BCUT2D eigenvalue weighted by molar-refractivity contribution is -0.0134. The summed E-state index contributed by atoms with van der Waals surface area (Å²) in [6, 6.07) is 33.3. The summed E-state index contributed by atoms with van der Waals surface area (Å²) >= 11 is 0. The number of unbranched alkanes of at least 4 members (excludes halogenated alkanes) is 9. The van der Waals surface area contributed by atoms with E-state index < -0.39 is 0 Å². The maximum Gasteiger partial charge on any atom is 0.338 e. The molecule has 6 rings (SSSR count). The fourth-order valence-electron chi connectivity index (χ4n) is 7.60. The first-order valence-corrected chi connectivity index (χ1v) is 24.4. The molecule has 0 amide bonds. The number of esters is 1. The van der Waals surface area contributed by atoms with Crippen LogP contribution in [-0.4, -0.2) is 103 Å². The highest BCUT2D eigenvalue weighted by Gasteiger charge is 2.15. The van der Waals surface area contributed by atoms with Crippen molar-refractivity contribution in [2.24, 2.45) is 0 Å². The number of ether oxygens (including phenoxy) is 9. The van der Waals surface area contributed by atoms with Crippen molar-refractivity contribution >= 4 is 5.97 Å². The SMILES string of the molecule is C#Cc1cccc(-c2cc(-c3ccc(OCCCCCCCCCCCCOC(=O)c4ccc5c(c4)OCCOCCOCCOCCOCCOCCO5)cc3)cc(-c3cccc(C#C)c3)n2)c1. The topological polar surface area (TPSA) is 113 Å². The van der Waals surface area contributed by atoms with Crippen LogP contribution >= 0.6 is 0 Å². The highest BCUT2D eigenvalue weighted by Crippen LogP contribution is 2.32. The standard InChI is InChI=1S/C58H67NO10/c1-3-46-17-15-19-49(41-46)54-43-52(44-55(59-54)50-20-16-18-47(4-2)42-50)48-21-24-53(25-22-48)66-27-13-11-9-7-5-6-8-10-12-14-28-69-58(60)51-23-26-56-57(45-51)68-40-38-65-36-34-63-32-30-61-29-31-62-33-35-64-37-39-67-56/h1-2,15-26,41-45H,5-14,27-40H2. The monoisotopic (exact) mass is 937 g/mol. The zero-order valence-electron chi connectivity index (χ0n) is 40.0. The summed E-state index contributed by atoms with van der Waals surface area (Å²) in [4.78, 5) is 18.0. The van der Waals surface area contributed by atoms with Gasteiger partial charge < -0.3 is 42.6 Å². The van der Waals surface area contributed by atoms with Crippen LogP contribution in [0.5, 0.6) is 17.2 Å². The van der Waals surface area contributed by atoms with Crippen molar-refractivity contribution in [2.75, 3.05) is 92.5 Å². The van der Waals surface area contributed by atoms with E-state index in [1.807, 2.05) is 60.7 Å². The Kier molecular flexibility index (Phi) is 23.5. The fraction of sp³-hybridized carbons (Fsp3) is 0.414. The number of benzene rings is 4. The lowest BCUT2D eigenvalue weighted by Gasteiger charge is -2.14. The van der Waals surface area contributed by atoms with Crippen molar-refractivity contribution < 1.29 is 47.4 Å². The predicted molar refractivity (Wildman–Crippen MR) is 270 cm³/mol. The number of carbonyl (C=O) groups is 1. The van der Waals surface area contributed by atoms with Gasteiger partial charge in [0.05, 0.1) is 96.2 Å². The Labute approximate surface area is 409 Å². The molecule has 0 spiro atoms. The quantitative estimate of drug-likeness (QED) is 0.0475. The Hall–Kier alpha value is -6.18. The summed E-state index contributed by atoms with van der Waals surface area (Å²) in [5.41, 5.74) is 7.71. The molecule has 0 aliphatic carbocycles. The van der Waals surface area contributed by atoms with Gasteiger partial charge in [0.15, 0.2) is 11.5 Å².